The molecule has 0 fully saturated rings. The average Bonchev–Trinajstić information content (AvgIpc) is 2.69. The van der Waals surface area contributed by atoms with Crippen LogP contribution < -0.4 is 4.72 Å². The van der Waals surface area contributed by atoms with Crippen molar-refractivity contribution >= 4 is 26.8 Å². The molecule has 9 heteroatoms. The lowest BCUT2D eigenvalue weighted by Crippen LogP contribution is -2.32. The molecule has 19 heavy (non-hydrogen) atoms. The van der Waals surface area contributed by atoms with Crippen LogP contribution in [0, 0.1) is 0 Å². The highest BCUT2D eigenvalue weighted by Crippen LogP contribution is 2.13. The largest absolute Gasteiger partial charge is 0.477 e. The first kappa shape index (κ1) is 15.9. The topological polar surface area (TPSA) is 105 Å². The molecule has 2 unspecified atom stereocenters. The Morgan fingerprint density at radius 2 is 2.16 bits per heavy atom. The number of sulfonamides is 1. The SMILES string of the molecule is CC(CNS(=O)(=O)c1cc(C(=O)O)n(C)c1)S(C)=O. The maximum Gasteiger partial charge on any atom is 0.352 e. The Labute approximate surface area is 114 Å². The van der Waals surface area contributed by atoms with Gasteiger partial charge in [-0.2, -0.15) is 0 Å². The van der Waals surface area contributed by atoms with Crippen LogP contribution in [0.1, 0.15) is 17.4 Å². The van der Waals surface area contributed by atoms with Gasteiger partial charge in [0.15, 0.2) is 0 Å². The number of nitrogens with zero attached hydrogens (tertiary/aromatic N) is 1. The van der Waals surface area contributed by atoms with Crippen LogP contribution in [0.4, 0.5) is 0 Å². The molecule has 1 heterocycles. The van der Waals surface area contributed by atoms with E-state index in [1.807, 2.05) is 0 Å². The third-order valence-electron chi connectivity index (χ3n) is 2.64. The van der Waals surface area contributed by atoms with Crippen molar-refractivity contribution in [3.05, 3.63) is 18.0 Å². The molecule has 2 N–H and O–H groups in total. The van der Waals surface area contributed by atoms with Gasteiger partial charge in [-0.3, -0.25) is 4.21 Å². The molecule has 108 valence electrons. The number of carboxylic acids is 1. The van der Waals surface area contributed by atoms with Gasteiger partial charge in [-0.05, 0) is 13.0 Å². The minimum atomic E-state index is -3.79. The van der Waals surface area contributed by atoms with Crippen LogP contribution in [0.15, 0.2) is 17.2 Å². The van der Waals surface area contributed by atoms with Gasteiger partial charge in [0.2, 0.25) is 10.0 Å². The van der Waals surface area contributed by atoms with Crippen LogP contribution in [0.5, 0.6) is 0 Å². The summed E-state index contributed by atoms with van der Waals surface area (Å²) in [5.74, 6) is -1.20. The van der Waals surface area contributed by atoms with E-state index in [0.717, 1.165) is 6.07 Å². The monoisotopic (exact) mass is 308 g/mol. The van der Waals surface area contributed by atoms with Gasteiger partial charge in [-0.15, -0.1) is 0 Å². The van der Waals surface area contributed by atoms with Crippen LogP contribution in [0.3, 0.4) is 0 Å². The lowest BCUT2D eigenvalue weighted by molar-refractivity contribution is 0.0686. The molecule has 1 rings (SSSR count). The minimum absolute atomic E-state index is 0.0305. The van der Waals surface area contributed by atoms with Gasteiger partial charge in [0.1, 0.15) is 10.6 Å². The maximum absolute atomic E-state index is 11.9. The fourth-order valence-corrected chi connectivity index (χ4v) is 2.94. The molecule has 2 atom stereocenters. The fraction of sp³-hybridized carbons (Fsp3) is 0.500. The van der Waals surface area contributed by atoms with Gasteiger partial charge in [-0.25, -0.2) is 17.9 Å². The van der Waals surface area contributed by atoms with E-state index in [4.69, 9.17) is 5.11 Å². The predicted octanol–water partition coefficient (Wildman–Crippen LogP) is -0.231. The Balaban J connectivity index is 2.92. The molecule has 1 aromatic heterocycles. The van der Waals surface area contributed by atoms with Gasteiger partial charge in [0, 0.05) is 42.1 Å². The number of rotatable bonds is 6. The van der Waals surface area contributed by atoms with Crippen molar-refractivity contribution in [2.75, 3.05) is 12.8 Å². The molecule has 0 spiro atoms. The molecule has 7 nitrogen and oxygen atoms in total. The molecule has 0 aliphatic heterocycles. The molecule has 1 aromatic rings. The zero-order chi connectivity index (χ0) is 14.8. The van der Waals surface area contributed by atoms with E-state index in [0.29, 0.717) is 0 Å². The Bertz CT molecular complexity index is 605. The number of hydrogen-bond acceptors (Lipinski definition) is 4. The van der Waals surface area contributed by atoms with E-state index in [-0.39, 0.29) is 22.4 Å². The number of nitrogens with one attached hydrogen (secondary N) is 1. The van der Waals surface area contributed by atoms with Crippen LogP contribution >= 0.6 is 0 Å². The summed E-state index contributed by atoms with van der Waals surface area (Å²) >= 11 is 0. The van der Waals surface area contributed by atoms with Gasteiger partial charge < -0.3 is 9.67 Å². The van der Waals surface area contributed by atoms with Crippen LogP contribution in [0.25, 0.3) is 0 Å². The highest BCUT2D eigenvalue weighted by atomic mass is 32.2. The fourth-order valence-electron chi connectivity index (χ4n) is 1.32. The Morgan fingerprint density at radius 3 is 2.58 bits per heavy atom. The van der Waals surface area contributed by atoms with Crippen molar-refractivity contribution in [2.24, 2.45) is 7.05 Å². The van der Waals surface area contributed by atoms with E-state index in [1.54, 1.807) is 6.92 Å². The Kier molecular flexibility index (Phi) is 4.88. The van der Waals surface area contributed by atoms with Crippen LogP contribution in [-0.4, -0.2) is 46.3 Å². The summed E-state index contributed by atoms with van der Waals surface area (Å²) in [6, 6.07) is 1.08. The van der Waals surface area contributed by atoms with Gasteiger partial charge in [-0.1, -0.05) is 0 Å². The van der Waals surface area contributed by atoms with E-state index in [9.17, 15) is 17.4 Å². The zero-order valence-corrected chi connectivity index (χ0v) is 12.4. The normalized spacial score (nSPS) is 15.1. The number of carbonyl (C=O) groups is 1. The standard InChI is InChI=1S/C10H16N2O5S2/c1-7(18(3)15)5-11-19(16,17)8-4-9(10(13)14)12(2)6-8/h4,6-7,11H,5H2,1-3H3,(H,13,14). The molecular weight excluding hydrogens is 292 g/mol. The highest BCUT2D eigenvalue weighted by Gasteiger charge is 2.21. The third kappa shape index (κ3) is 3.88. The van der Waals surface area contributed by atoms with Crippen molar-refractivity contribution in [3.63, 3.8) is 0 Å². The summed E-state index contributed by atoms with van der Waals surface area (Å²) in [5, 5.41) is 8.54. The minimum Gasteiger partial charge on any atom is -0.477 e. The summed E-state index contributed by atoms with van der Waals surface area (Å²) in [6.07, 6.45) is 2.71. The summed E-state index contributed by atoms with van der Waals surface area (Å²) in [5.41, 5.74) is -0.118. The van der Waals surface area contributed by atoms with Crippen LogP contribution in [-0.2, 0) is 27.9 Å². The first-order chi connectivity index (χ1) is 8.65. The second kappa shape index (κ2) is 5.85. The molecule has 0 saturated carbocycles. The van der Waals surface area contributed by atoms with Gasteiger partial charge in [0.25, 0.3) is 0 Å². The predicted molar refractivity (Wildman–Crippen MR) is 71.1 cm³/mol. The van der Waals surface area contributed by atoms with Crippen molar-refractivity contribution in [2.45, 2.75) is 17.1 Å². The van der Waals surface area contributed by atoms with Crippen molar-refractivity contribution in [1.29, 1.82) is 0 Å². The molecule has 0 aliphatic carbocycles. The number of carboxylic acid groups (broad SMARTS) is 1. The number of hydrogen-bond donors (Lipinski definition) is 2. The summed E-state index contributed by atoms with van der Waals surface area (Å²) in [4.78, 5) is 10.7. The quantitative estimate of drug-likeness (QED) is 0.755. The molecular formula is C10H16N2O5S2. The molecule has 0 radical (unpaired) electrons. The zero-order valence-electron chi connectivity index (χ0n) is 10.8. The number of aromatic nitrogens is 1. The maximum atomic E-state index is 11.9. The third-order valence-corrected chi connectivity index (χ3v) is 5.33. The first-order valence-corrected chi connectivity index (χ1v) is 8.47. The van der Waals surface area contributed by atoms with E-state index in [1.165, 1.54) is 24.1 Å². The molecule has 0 aromatic carbocycles. The van der Waals surface area contributed by atoms with E-state index in [2.05, 4.69) is 4.72 Å². The lowest BCUT2D eigenvalue weighted by atomic mass is 10.4. The van der Waals surface area contributed by atoms with E-state index < -0.39 is 26.8 Å². The summed E-state index contributed by atoms with van der Waals surface area (Å²) < 4.78 is 38.5. The summed E-state index contributed by atoms with van der Waals surface area (Å²) in [6.45, 7) is 1.69. The van der Waals surface area contributed by atoms with Gasteiger partial charge >= 0.3 is 5.97 Å². The Hall–Kier alpha value is -1.19. The number of aryl methyl sites for hydroxylation is 1. The highest BCUT2D eigenvalue weighted by molar-refractivity contribution is 7.89. The van der Waals surface area contributed by atoms with Crippen molar-refractivity contribution in [1.82, 2.24) is 9.29 Å². The molecule has 0 amide bonds. The summed E-state index contributed by atoms with van der Waals surface area (Å²) in [7, 11) is -3.48. The van der Waals surface area contributed by atoms with Gasteiger partial charge in [0.05, 0.1) is 0 Å². The second-order valence-corrected chi connectivity index (χ2v) is 7.71. The first-order valence-electron chi connectivity index (χ1n) is 5.36. The molecule has 0 aliphatic rings. The number of aromatic carboxylic acids is 1. The lowest BCUT2D eigenvalue weighted by Gasteiger charge is -2.09. The van der Waals surface area contributed by atoms with Crippen molar-refractivity contribution < 1.29 is 22.5 Å². The van der Waals surface area contributed by atoms with Crippen LogP contribution in [0.2, 0.25) is 0 Å². The smallest absolute Gasteiger partial charge is 0.352 e. The van der Waals surface area contributed by atoms with E-state index >= 15 is 0 Å². The molecule has 0 bridgehead atoms. The van der Waals surface area contributed by atoms with Crippen molar-refractivity contribution in [3.8, 4) is 0 Å². The Morgan fingerprint density at radius 1 is 1.58 bits per heavy atom. The molecule has 0 saturated heterocycles. The second-order valence-electron chi connectivity index (χ2n) is 4.14. The average molecular weight is 308 g/mol.